The van der Waals surface area contributed by atoms with E-state index in [9.17, 15) is 4.79 Å². The predicted octanol–water partition coefficient (Wildman–Crippen LogP) is 2.87. The van der Waals surface area contributed by atoms with Crippen LogP contribution in [0, 0.1) is 12.8 Å². The molecule has 2 rings (SSSR count). The van der Waals surface area contributed by atoms with Crippen LogP contribution < -0.4 is 10.1 Å². The molecule has 0 aliphatic heterocycles. The molecule has 1 amide bonds. The van der Waals surface area contributed by atoms with E-state index in [-0.39, 0.29) is 12.5 Å². The van der Waals surface area contributed by atoms with Crippen LogP contribution in [0.15, 0.2) is 36.5 Å². The van der Waals surface area contributed by atoms with Gasteiger partial charge in [-0.3, -0.25) is 4.79 Å². The number of nitrogens with zero attached hydrogens (tertiary/aromatic N) is 2. The smallest absolute Gasteiger partial charge is 0.263 e. The Kier molecular flexibility index (Phi) is 4.98. The SMILES string of the molecule is Cc1cccc(OCC(=O)Nc2ccnn2CC(C)C)c1. The summed E-state index contributed by atoms with van der Waals surface area (Å²) in [5.41, 5.74) is 1.10. The van der Waals surface area contributed by atoms with Gasteiger partial charge in [-0.15, -0.1) is 0 Å². The molecular formula is C16H21N3O2. The molecule has 0 unspecified atom stereocenters. The summed E-state index contributed by atoms with van der Waals surface area (Å²) in [6.07, 6.45) is 1.68. The van der Waals surface area contributed by atoms with Crippen molar-refractivity contribution in [2.24, 2.45) is 5.92 Å². The van der Waals surface area contributed by atoms with Crippen LogP contribution in [0.1, 0.15) is 19.4 Å². The molecule has 1 aromatic carbocycles. The number of benzene rings is 1. The number of carbonyl (C=O) groups excluding carboxylic acids is 1. The van der Waals surface area contributed by atoms with Crippen LogP contribution in [0.3, 0.4) is 0 Å². The van der Waals surface area contributed by atoms with Crippen molar-refractivity contribution in [3.63, 3.8) is 0 Å². The molecule has 2 aromatic rings. The standard InChI is InChI=1S/C16H21N3O2/c1-12(2)10-19-15(7-8-17-19)18-16(20)11-21-14-6-4-5-13(3)9-14/h4-9,12H,10-11H2,1-3H3,(H,18,20). The first-order chi connectivity index (χ1) is 10.0. The van der Waals surface area contributed by atoms with Crippen molar-refractivity contribution in [2.45, 2.75) is 27.3 Å². The fourth-order valence-corrected chi connectivity index (χ4v) is 1.96. The number of hydrogen-bond acceptors (Lipinski definition) is 3. The fourth-order valence-electron chi connectivity index (χ4n) is 1.96. The van der Waals surface area contributed by atoms with E-state index in [1.165, 1.54) is 0 Å². The van der Waals surface area contributed by atoms with Crippen molar-refractivity contribution in [3.05, 3.63) is 42.1 Å². The summed E-state index contributed by atoms with van der Waals surface area (Å²) < 4.78 is 7.26. The highest BCUT2D eigenvalue weighted by molar-refractivity contribution is 5.91. The highest BCUT2D eigenvalue weighted by Crippen LogP contribution is 2.13. The quantitative estimate of drug-likeness (QED) is 0.888. The van der Waals surface area contributed by atoms with Gasteiger partial charge in [-0.1, -0.05) is 26.0 Å². The van der Waals surface area contributed by atoms with Crippen molar-refractivity contribution in [2.75, 3.05) is 11.9 Å². The van der Waals surface area contributed by atoms with Crippen LogP contribution >= 0.6 is 0 Å². The number of amides is 1. The minimum absolute atomic E-state index is 0.0175. The molecule has 1 N–H and O–H groups in total. The highest BCUT2D eigenvalue weighted by atomic mass is 16.5. The fraction of sp³-hybridized carbons (Fsp3) is 0.375. The van der Waals surface area contributed by atoms with Crippen molar-refractivity contribution in [1.82, 2.24) is 9.78 Å². The molecule has 0 saturated heterocycles. The van der Waals surface area contributed by atoms with E-state index in [0.29, 0.717) is 17.5 Å². The maximum atomic E-state index is 11.9. The lowest BCUT2D eigenvalue weighted by Gasteiger charge is -2.11. The van der Waals surface area contributed by atoms with Crippen LogP contribution in [0.4, 0.5) is 5.82 Å². The van der Waals surface area contributed by atoms with Gasteiger partial charge in [0.15, 0.2) is 6.61 Å². The second-order valence-electron chi connectivity index (χ2n) is 5.45. The number of aryl methyl sites for hydroxylation is 1. The highest BCUT2D eigenvalue weighted by Gasteiger charge is 2.09. The minimum atomic E-state index is -0.193. The minimum Gasteiger partial charge on any atom is -0.484 e. The Bertz CT molecular complexity index is 605. The first-order valence-electron chi connectivity index (χ1n) is 7.05. The molecule has 1 heterocycles. The van der Waals surface area contributed by atoms with Crippen molar-refractivity contribution < 1.29 is 9.53 Å². The maximum Gasteiger partial charge on any atom is 0.263 e. The van der Waals surface area contributed by atoms with Gasteiger partial charge in [0.2, 0.25) is 0 Å². The molecule has 0 atom stereocenters. The van der Waals surface area contributed by atoms with Gasteiger partial charge >= 0.3 is 0 Å². The number of ether oxygens (including phenoxy) is 1. The number of carbonyl (C=O) groups is 1. The molecule has 0 aliphatic rings. The zero-order chi connectivity index (χ0) is 15.2. The molecule has 5 nitrogen and oxygen atoms in total. The van der Waals surface area contributed by atoms with Crippen molar-refractivity contribution >= 4 is 11.7 Å². The largest absolute Gasteiger partial charge is 0.484 e. The Morgan fingerprint density at radius 1 is 1.38 bits per heavy atom. The van der Waals surface area contributed by atoms with E-state index >= 15 is 0 Å². The maximum absolute atomic E-state index is 11.9. The van der Waals surface area contributed by atoms with Crippen LogP contribution in [0.5, 0.6) is 5.75 Å². The second kappa shape index (κ2) is 6.92. The summed E-state index contributed by atoms with van der Waals surface area (Å²) in [7, 11) is 0. The van der Waals surface area contributed by atoms with Gasteiger partial charge in [0.1, 0.15) is 11.6 Å². The monoisotopic (exact) mass is 287 g/mol. The molecule has 112 valence electrons. The zero-order valence-electron chi connectivity index (χ0n) is 12.7. The lowest BCUT2D eigenvalue weighted by atomic mass is 10.2. The molecule has 1 aromatic heterocycles. The zero-order valence-corrected chi connectivity index (χ0v) is 12.7. The Morgan fingerprint density at radius 2 is 2.19 bits per heavy atom. The second-order valence-corrected chi connectivity index (χ2v) is 5.45. The molecule has 5 heteroatoms. The third kappa shape index (κ3) is 4.63. The van der Waals surface area contributed by atoms with E-state index in [4.69, 9.17) is 4.74 Å². The van der Waals surface area contributed by atoms with Gasteiger partial charge in [-0.05, 0) is 30.5 Å². The van der Waals surface area contributed by atoms with Gasteiger partial charge < -0.3 is 10.1 Å². The van der Waals surface area contributed by atoms with Gasteiger partial charge in [-0.25, -0.2) is 4.68 Å². The normalized spacial score (nSPS) is 10.7. The lowest BCUT2D eigenvalue weighted by molar-refractivity contribution is -0.118. The number of aromatic nitrogens is 2. The molecule has 0 spiro atoms. The summed E-state index contributed by atoms with van der Waals surface area (Å²) in [5.74, 6) is 1.66. The van der Waals surface area contributed by atoms with Crippen molar-refractivity contribution in [1.29, 1.82) is 0 Å². The lowest BCUT2D eigenvalue weighted by Crippen LogP contribution is -2.22. The third-order valence-corrected chi connectivity index (χ3v) is 2.88. The Morgan fingerprint density at radius 3 is 2.90 bits per heavy atom. The van der Waals surface area contributed by atoms with E-state index in [0.717, 1.165) is 12.1 Å². The molecule has 21 heavy (non-hydrogen) atoms. The van der Waals surface area contributed by atoms with E-state index in [1.54, 1.807) is 16.9 Å². The predicted molar refractivity (Wildman–Crippen MR) is 82.4 cm³/mol. The summed E-state index contributed by atoms with van der Waals surface area (Å²) in [5, 5.41) is 7.02. The van der Waals surface area contributed by atoms with E-state index in [1.807, 2.05) is 31.2 Å². The summed E-state index contributed by atoms with van der Waals surface area (Å²) >= 11 is 0. The molecule has 0 saturated carbocycles. The first kappa shape index (κ1) is 15.1. The average Bonchev–Trinajstić information content (AvgIpc) is 2.83. The Balaban J connectivity index is 1.89. The average molecular weight is 287 g/mol. The molecular weight excluding hydrogens is 266 g/mol. The van der Waals surface area contributed by atoms with E-state index < -0.39 is 0 Å². The van der Waals surface area contributed by atoms with Crippen LogP contribution in [0.2, 0.25) is 0 Å². The van der Waals surface area contributed by atoms with Crippen molar-refractivity contribution in [3.8, 4) is 5.75 Å². The first-order valence-corrected chi connectivity index (χ1v) is 7.05. The van der Waals surface area contributed by atoms with Crippen LogP contribution in [0.25, 0.3) is 0 Å². The molecule has 0 bridgehead atoms. The third-order valence-electron chi connectivity index (χ3n) is 2.88. The Hall–Kier alpha value is -2.30. The number of hydrogen-bond donors (Lipinski definition) is 1. The van der Waals surface area contributed by atoms with Gasteiger partial charge in [0.05, 0.1) is 6.20 Å². The number of nitrogens with one attached hydrogen (secondary N) is 1. The summed E-state index contributed by atoms with van der Waals surface area (Å²) in [6.45, 7) is 6.94. The topological polar surface area (TPSA) is 56.1 Å². The summed E-state index contributed by atoms with van der Waals surface area (Å²) in [4.78, 5) is 11.9. The van der Waals surface area contributed by atoms with Gasteiger partial charge in [0, 0.05) is 12.6 Å². The molecule has 0 aliphatic carbocycles. The summed E-state index contributed by atoms with van der Waals surface area (Å²) in [6, 6.07) is 9.41. The molecule has 0 radical (unpaired) electrons. The van der Waals surface area contributed by atoms with Gasteiger partial charge in [0.25, 0.3) is 5.91 Å². The van der Waals surface area contributed by atoms with Gasteiger partial charge in [-0.2, -0.15) is 5.10 Å². The van der Waals surface area contributed by atoms with Crippen LogP contribution in [-0.4, -0.2) is 22.3 Å². The van der Waals surface area contributed by atoms with Crippen LogP contribution in [-0.2, 0) is 11.3 Å². The number of anilines is 1. The van der Waals surface area contributed by atoms with E-state index in [2.05, 4.69) is 24.3 Å². The molecule has 0 fully saturated rings. The Labute approximate surface area is 124 Å². The number of rotatable bonds is 6.